The molecular weight excluding hydrogens is 322 g/mol. The summed E-state index contributed by atoms with van der Waals surface area (Å²) in [6.07, 6.45) is 7.69. The topological polar surface area (TPSA) is 55.4 Å². The van der Waals surface area contributed by atoms with Gasteiger partial charge in [0.25, 0.3) is 0 Å². The normalized spacial score (nSPS) is 30.9. The molecule has 2 fully saturated rings. The zero-order chi connectivity index (χ0) is 16.8. The van der Waals surface area contributed by atoms with Gasteiger partial charge in [0.2, 0.25) is 5.91 Å². The molecule has 0 aliphatic heterocycles. The fourth-order valence-corrected chi connectivity index (χ4v) is 6.33. The zero-order valence-corrected chi connectivity index (χ0v) is 15.2. The first kappa shape index (κ1) is 16.1. The first-order valence-electron chi connectivity index (χ1n) is 9.10. The van der Waals surface area contributed by atoms with Gasteiger partial charge in [0.05, 0.1) is 12.7 Å². The Morgan fingerprint density at radius 2 is 2.04 bits per heavy atom. The van der Waals surface area contributed by atoms with Crippen LogP contribution in [-0.2, 0) is 22.4 Å². The third-order valence-corrected chi connectivity index (χ3v) is 7.38. The highest BCUT2D eigenvalue weighted by atomic mass is 32.1. The van der Waals surface area contributed by atoms with Crippen LogP contribution in [0.3, 0.4) is 0 Å². The molecule has 3 aliphatic carbocycles. The van der Waals surface area contributed by atoms with Gasteiger partial charge in [-0.15, -0.1) is 11.3 Å². The van der Waals surface area contributed by atoms with Crippen molar-refractivity contribution < 1.29 is 14.3 Å². The number of carbonyl (C=O) groups is 2. The van der Waals surface area contributed by atoms with Crippen LogP contribution in [-0.4, -0.2) is 19.0 Å². The minimum atomic E-state index is -0.315. The van der Waals surface area contributed by atoms with Gasteiger partial charge in [0.1, 0.15) is 5.00 Å². The second-order valence-corrected chi connectivity index (χ2v) is 8.92. The van der Waals surface area contributed by atoms with Crippen LogP contribution in [0.1, 0.15) is 59.8 Å². The number of hydrogen-bond acceptors (Lipinski definition) is 4. The van der Waals surface area contributed by atoms with Crippen LogP contribution in [0.2, 0.25) is 0 Å². The Hall–Kier alpha value is -1.36. The van der Waals surface area contributed by atoms with Crippen LogP contribution in [0.5, 0.6) is 0 Å². The standard InChI is InChI=1S/C19H25NO3S/c1-10-3-6-13-15(7-10)24-18(16(13)19(22)23-2)20-17(21)14-9-11-4-5-12(14)8-11/h10-12,14H,3-9H2,1-2H3,(H,20,21)/t10-,11-,12-,14+/m1/s1. The predicted molar refractivity (Wildman–Crippen MR) is 94.4 cm³/mol. The summed E-state index contributed by atoms with van der Waals surface area (Å²) in [6.45, 7) is 2.24. The average Bonchev–Trinajstić information content (AvgIpc) is 3.27. The van der Waals surface area contributed by atoms with Crippen LogP contribution in [0.15, 0.2) is 0 Å². The van der Waals surface area contributed by atoms with Gasteiger partial charge >= 0.3 is 5.97 Å². The van der Waals surface area contributed by atoms with E-state index in [0.717, 1.165) is 37.2 Å². The van der Waals surface area contributed by atoms with Crippen LogP contribution in [0, 0.1) is 23.7 Å². The summed E-state index contributed by atoms with van der Waals surface area (Å²) in [5.41, 5.74) is 1.72. The molecule has 4 atom stereocenters. The number of rotatable bonds is 3. The minimum Gasteiger partial charge on any atom is -0.465 e. The van der Waals surface area contributed by atoms with Gasteiger partial charge < -0.3 is 10.1 Å². The molecule has 1 aromatic heterocycles. The van der Waals surface area contributed by atoms with E-state index in [-0.39, 0.29) is 17.8 Å². The van der Waals surface area contributed by atoms with Crippen molar-refractivity contribution in [3.8, 4) is 0 Å². The fourth-order valence-electron chi connectivity index (χ4n) is 4.93. The molecule has 0 unspecified atom stereocenters. The first-order chi connectivity index (χ1) is 11.6. The van der Waals surface area contributed by atoms with Crippen molar-refractivity contribution in [1.82, 2.24) is 0 Å². The molecule has 3 aliphatic rings. The van der Waals surface area contributed by atoms with Gasteiger partial charge in [0, 0.05) is 10.8 Å². The highest BCUT2D eigenvalue weighted by Gasteiger charge is 2.43. The molecule has 4 nitrogen and oxygen atoms in total. The lowest BCUT2D eigenvalue weighted by atomic mass is 9.87. The number of fused-ring (bicyclic) bond motifs is 3. The summed E-state index contributed by atoms with van der Waals surface area (Å²) < 4.78 is 5.00. The molecule has 5 heteroatoms. The maximum absolute atomic E-state index is 12.8. The molecule has 0 saturated heterocycles. The lowest BCUT2D eigenvalue weighted by molar-refractivity contribution is -0.121. The third-order valence-electron chi connectivity index (χ3n) is 6.21. The van der Waals surface area contributed by atoms with E-state index in [9.17, 15) is 9.59 Å². The van der Waals surface area contributed by atoms with Gasteiger partial charge in [0.15, 0.2) is 0 Å². The molecule has 0 aromatic carbocycles. The van der Waals surface area contributed by atoms with Crippen molar-refractivity contribution in [2.45, 2.75) is 51.9 Å². The number of methoxy groups -OCH3 is 1. The Balaban J connectivity index is 1.60. The molecule has 1 heterocycles. The van der Waals surface area contributed by atoms with Gasteiger partial charge in [-0.1, -0.05) is 13.3 Å². The SMILES string of the molecule is COC(=O)c1c(NC(=O)[C@H]2C[C@@H]3CC[C@@H]2C3)sc2c1CC[C@@H](C)C2. The maximum Gasteiger partial charge on any atom is 0.341 e. The van der Waals surface area contributed by atoms with E-state index in [2.05, 4.69) is 12.2 Å². The van der Waals surface area contributed by atoms with Crippen LogP contribution in [0.4, 0.5) is 5.00 Å². The summed E-state index contributed by atoms with van der Waals surface area (Å²) in [4.78, 5) is 26.3. The minimum absolute atomic E-state index is 0.110. The van der Waals surface area contributed by atoms with Crippen molar-refractivity contribution in [1.29, 1.82) is 0 Å². The molecule has 2 bridgehead atoms. The number of anilines is 1. The van der Waals surface area contributed by atoms with Crippen LogP contribution in [0.25, 0.3) is 0 Å². The molecule has 130 valence electrons. The Labute approximate surface area is 147 Å². The van der Waals surface area contributed by atoms with E-state index in [4.69, 9.17) is 4.74 Å². The predicted octanol–water partition coefficient (Wildman–Crippen LogP) is 4.03. The van der Waals surface area contributed by atoms with Gasteiger partial charge in [-0.05, 0) is 61.8 Å². The highest BCUT2D eigenvalue weighted by Crippen LogP contribution is 2.49. The first-order valence-corrected chi connectivity index (χ1v) is 9.92. The number of nitrogens with one attached hydrogen (secondary N) is 1. The number of esters is 1. The molecule has 0 radical (unpaired) electrons. The average molecular weight is 347 g/mol. The Morgan fingerprint density at radius 1 is 1.21 bits per heavy atom. The van der Waals surface area contributed by atoms with Crippen molar-refractivity contribution in [3.63, 3.8) is 0 Å². The number of amides is 1. The van der Waals surface area contributed by atoms with E-state index >= 15 is 0 Å². The second-order valence-electron chi connectivity index (χ2n) is 7.82. The molecule has 1 aromatic rings. The quantitative estimate of drug-likeness (QED) is 0.840. The van der Waals surface area contributed by atoms with Crippen molar-refractivity contribution in [2.24, 2.45) is 23.7 Å². The number of thiophene rings is 1. The van der Waals surface area contributed by atoms with Crippen LogP contribution < -0.4 is 5.32 Å². The maximum atomic E-state index is 12.8. The Kier molecular flexibility index (Phi) is 4.15. The monoisotopic (exact) mass is 347 g/mol. The molecular formula is C19H25NO3S. The lowest BCUT2D eigenvalue weighted by Gasteiger charge is -2.20. The van der Waals surface area contributed by atoms with Crippen molar-refractivity contribution in [2.75, 3.05) is 12.4 Å². The summed E-state index contributed by atoms with van der Waals surface area (Å²) in [6, 6.07) is 0. The molecule has 24 heavy (non-hydrogen) atoms. The molecule has 1 N–H and O–H groups in total. The zero-order valence-electron chi connectivity index (χ0n) is 14.4. The smallest absolute Gasteiger partial charge is 0.341 e. The number of carbonyl (C=O) groups excluding carboxylic acids is 2. The van der Waals surface area contributed by atoms with E-state index in [0.29, 0.717) is 22.4 Å². The Morgan fingerprint density at radius 3 is 2.71 bits per heavy atom. The van der Waals surface area contributed by atoms with Gasteiger partial charge in [-0.2, -0.15) is 0 Å². The summed E-state index contributed by atoms with van der Waals surface area (Å²) in [7, 11) is 1.42. The third kappa shape index (κ3) is 2.67. The molecule has 4 rings (SSSR count). The summed E-state index contributed by atoms with van der Waals surface area (Å²) >= 11 is 1.58. The second kappa shape index (κ2) is 6.17. The highest BCUT2D eigenvalue weighted by molar-refractivity contribution is 7.17. The Bertz CT molecular complexity index is 680. The summed E-state index contributed by atoms with van der Waals surface area (Å²) in [5, 5.41) is 3.82. The van der Waals surface area contributed by atoms with Crippen molar-refractivity contribution >= 4 is 28.2 Å². The number of hydrogen-bond donors (Lipinski definition) is 1. The van der Waals surface area contributed by atoms with E-state index in [1.165, 1.54) is 31.2 Å². The lowest BCUT2D eigenvalue weighted by Crippen LogP contribution is -2.27. The van der Waals surface area contributed by atoms with Gasteiger partial charge in [-0.25, -0.2) is 4.79 Å². The summed E-state index contributed by atoms with van der Waals surface area (Å²) in [5.74, 6) is 1.85. The molecule has 1 amide bonds. The molecule has 0 spiro atoms. The van der Waals surface area contributed by atoms with Crippen molar-refractivity contribution in [3.05, 3.63) is 16.0 Å². The largest absolute Gasteiger partial charge is 0.465 e. The van der Waals surface area contributed by atoms with E-state index < -0.39 is 0 Å². The van der Waals surface area contributed by atoms with Gasteiger partial charge in [-0.3, -0.25) is 4.79 Å². The van der Waals surface area contributed by atoms with E-state index in [1.54, 1.807) is 11.3 Å². The van der Waals surface area contributed by atoms with E-state index in [1.807, 2.05) is 0 Å². The molecule has 2 saturated carbocycles. The fraction of sp³-hybridized carbons (Fsp3) is 0.684. The number of ether oxygens (including phenoxy) is 1. The van der Waals surface area contributed by atoms with Crippen LogP contribution >= 0.6 is 11.3 Å².